The van der Waals surface area contributed by atoms with Gasteiger partial charge in [-0.25, -0.2) is 10.5 Å². The Morgan fingerprint density at radius 2 is 1.59 bits per heavy atom. The van der Waals surface area contributed by atoms with Gasteiger partial charge in [0.2, 0.25) is 0 Å². The van der Waals surface area contributed by atoms with Crippen LogP contribution in [0.3, 0.4) is 0 Å². The van der Waals surface area contributed by atoms with Gasteiger partial charge in [0.05, 0.1) is 11.9 Å². The molecule has 9 N–H and O–H groups in total. The molecule has 3 aromatic rings. The van der Waals surface area contributed by atoms with Crippen molar-refractivity contribution in [3.05, 3.63) is 77.1 Å². The molecule has 2 atom stereocenters. The van der Waals surface area contributed by atoms with Crippen LogP contribution in [-0.4, -0.2) is 38.1 Å². The molecule has 0 aliphatic rings. The van der Waals surface area contributed by atoms with Gasteiger partial charge in [-0.05, 0) is 67.3 Å². The minimum absolute atomic E-state index is 0.0135. The first kappa shape index (κ1) is 23.9. The predicted molar refractivity (Wildman–Crippen MR) is 125 cm³/mol. The molecule has 10 nitrogen and oxygen atoms in total. The summed E-state index contributed by atoms with van der Waals surface area (Å²) >= 11 is 0. The number of hydrogen-bond acceptors (Lipinski definition) is 7. The van der Waals surface area contributed by atoms with Gasteiger partial charge in [0.25, 0.3) is 11.8 Å². The number of nitrogens with one attached hydrogen (secondary N) is 3. The summed E-state index contributed by atoms with van der Waals surface area (Å²) in [5.74, 6) is 9.56. The van der Waals surface area contributed by atoms with Crippen molar-refractivity contribution >= 4 is 23.5 Å². The number of imidazole rings is 1. The highest BCUT2D eigenvalue weighted by Crippen LogP contribution is 2.24. The van der Waals surface area contributed by atoms with Crippen LogP contribution in [0, 0.1) is 23.7 Å². The maximum atomic E-state index is 12.7. The number of H-pyrrole nitrogens is 1. The van der Waals surface area contributed by atoms with Crippen molar-refractivity contribution in [2.45, 2.75) is 18.6 Å². The van der Waals surface area contributed by atoms with Gasteiger partial charge in [-0.15, -0.1) is 0 Å². The number of rotatable bonds is 5. The summed E-state index contributed by atoms with van der Waals surface area (Å²) in [7, 11) is 0. The van der Waals surface area contributed by atoms with E-state index >= 15 is 0 Å². The molecule has 10 heteroatoms. The molecule has 0 saturated carbocycles. The summed E-state index contributed by atoms with van der Waals surface area (Å²) < 4.78 is 0. The largest absolute Gasteiger partial charge is 0.399 e. The molecule has 0 aliphatic heterocycles. The predicted octanol–water partition coefficient (Wildman–Crippen LogP) is 0.489. The molecule has 0 bridgehead atoms. The standard InChI is InChI=1S/C24H22N6O4/c1-24(33,19-14-27-23(26)28-19)20(22(32)30-34)29-21(31)17-10-6-15(7-11-17)4-2-3-5-16-8-12-18(25)13-9-16/h6-14,20,33-34H,25H2,1H3,(H,29,31)(H,30,32)(H3,26,27,28)/t20-,24-/m1/s1. The third kappa shape index (κ3) is 5.72. The first-order valence-corrected chi connectivity index (χ1v) is 9.96. The van der Waals surface area contributed by atoms with E-state index in [1.165, 1.54) is 30.7 Å². The van der Waals surface area contributed by atoms with E-state index in [0.717, 1.165) is 5.56 Å². The molecule has 1 heterocycles. The molecule has 172 valence electrons. The van der Waals surface area contributed by atoms with Gasteiger partial charge >= 0.3 is 0 Å². The zero-order valence-electron chi connectivity index (χ0n) is 18.1. The molecule has 0 aliphatic carbocycles. The summed E-state index contributed by atoms with van der Waals surface area (Å²) in [5, 5.41) is 22.4. The van der Waals surface area contributed by atoms with Crippen LogP contribution in [-0.2, 0) is 10.4 Å². The smallest absolute Gasteiger partial charge is 0.269 e. The molecule has 34 heavy (non-hydrogen) atoms. The monoisotopic (exact) mass is 458 g/mol. The third-order valence-electron chi connectivity index (χ3n) is 4.88. The number of nitrogen functional groups attached to an aromatic ring is 2. The first-order valence-electron chi connectivity index (χ1n) is 9.96. The lowest BCUT2D eigenvalue weighted by Gasteiger charge is -2.30. The second-order valence-electron chi connectivity index (χ2n) is 7.41. The lowest BCUT2D eigenvalue weighted by molar-refractivity contribution is -0.138. The van der Waals surface area contributed by atoms with Crippen molar-refractivity contribution in [3.8, 4) is 23.7 Å². The molecule has 1 aromatic heterocycles. The van der Waals surface area contributed by atoms with E-state index in [1.807, 2.05) is 0 Å². The number of amides is 2. The summed E-state index contributed by atoms with van der Waals surface area (Å²) in [5.41, 5.74) is 13.0. The molecule has 0 radical (unpaired) electrons. The fourth-order valence-corrected chi connectivity index (χ4v) is 2.97. The van der Waals surface area contributed by atoms with Crippen LogP contribution in [0.5, 0.6) is 0 Å². The summed E-state index contributed by atoms with van der Waals surface area (Å²) in [6, 6.07) is 11.8. The molecular formula is C24H22N6O4. The molecular weight excluding hydrogens is 436 g/mol. The van der Waals surface area contributed by atoms with Gasteiger partial charge in [0.1, 0.15) is 11.6 Å². The minimum Gasteiger partial charge on any atom is -0.399 e. The Hall–Kier alpha value is -4.77. The van der Waals surface area contributed by atoms with Crippen molar-refractivity contribution < 1.29 is 19.9 Å². The topological polar surface area (TPSA) is 179 Å². The van der Waals surface area contributed by atoms with Crippen LogP contribution in [0.2, 0.25) is 0 Å². The summed E-state index contributed by atoms with van der Waals surface area (Å²) in [6.45, 7) is 1.27. The SMILES string of the molecule is C[C@@](O)(c1cnc(N)[nH]1)[C@H](NC(=O)c1ccc(C#CC#Cc2ccc(N)cc2)cc1)C(=O)NO. The number of aromatic amines is 1. The van der Waals surface area contributed by atoms with Crippen molar-refractivity contribution in [2.75, 3.05) is 11.5 Å². The number of carbonyl (C=O) groups excluding carboxylic acids is 2. The average molecular weight is 458 g/mol. The number of carbonyl (C=O) groups is 2. The van der Waals surface area contributed by atoms with E-state index < -0.39 is 23.5 Å². The highest BCUT2D eigenvalue weighted by Gasteiger charge is 2.41. The maximum Gasteiger partial charge on any atom is 0.269 e. The molecule has 0 spiro atoms. The van der Waals surface area contributed by atoms with Crippen molar-refractivity contribution in [2.24, 2.45) is 0 Å². The summed E-state index contributed by atoms with van der Waals surface area (Å²) in [4.78, 5) is 31.3. The molecule has 0 fully saturated rings. The van der Waals surface area contributed by atoms with Gasteiger partial charge < -0.3 is 26.9 Å². The lowest BCUT2D eigenvalue weighted by Crippen LogP contribution is -2.57. The highest BCUT2D eigenvalue weighted by molar-refractivity contribution is 5.97. The summed E-state index contributed by atoms with van der Waals surface area (Å²) in [6.07, 6.45) is 1.22. The second-order valence-corrected chi connectivity index (χ2v) is 7.41. The van der Waals surface area contributed by atoms with Gasteiger partial charge in [-0.3, -0.25) is 14.8 Å². The number of anilines is 2. The van der Waals surface area contributed by atoms with E-state index in [0.29, 0.717) is 11.3 Å². The van der Waals surface area contributed by atoms with E-state index in [1.54, 1.807) is 36.4 Å². The van der Waals surface area contributed by atoms with Crippen molar-refractivity contribution in [3.63, 3.8) is 0 Å². The second kappa shape index (κ2) is 10.2. The Bertz CT molecular complexity index is 1310. The number of nitrogens with two attached hydrogens (primary N) is 2. The van der Waals surface area contributed by atoms with Crippen LogP contribution in [0.1, 0.15) is 34.1 Å². The normalized spacial score (nSPS) is 12.7. The van der Waals surface area contributed by atoms with E-state index in [-0.39, 0.29) is 17.2 Å². The minimum atomic E-state index is -1.96. The fraction of sp³-hybridized carbons (Fsp3) is 0.125. The Kier molecular flexibility index (Phi) is 7.19. The average Bonchev–Trinajstić information content (AvgIpc) is 3.28. The van der Waals surface area contributed by atoms with Gasteiger partial charge in [-0.1, -0.05) is 11.8 Å². The Labute approximate surface area is 195 Å². The van der Waals surface area contributed by atoms with Crippen LogP contribution in [0.4, 0.5) is 11.6 Å². The van der Waals surface area contributed by atoms with E-state index in [4.69, 9.17) is 16.7 Å². The molecule has 2 aromatic carbocycles. The fourth-order valence-electron chi connectivity index (χ4n) is 2.97. The highest BCUT2D eigenvalue weighted by atomic mass is 16.5. The van der Waals surface area contributed by atoms with Crippen LogP contribution < -0.4 is 22.3 Å². The van der Waals surface area contributed by atoms with Crippen LogP contribution >= 0.6 is 0 Å². The molecule has 0 saturated heterocycles. The van der Waals surface area contributed by atoms with Gasteiger partial charge in [-0.2, -0.15) is 0 Å². The van der Waals surface area contributed by atoms with Crippen molar-refractivity contribution in [1.29, 1.82) is 0 Å². The molecule has 3 rings (SSSR count). The Balaban J connectivity index is 1.72. The van der Waals surface area contributed by atoms with E-state index in [2.05, 4.69) is 39.0 Å². The Morgan fingerprint density at radius 1 is 1.03 bits per heavy atom. The number of aliphatic hydroxyl groups is 1. The van der Waals surface area contributed by atoms with Crippen LogP contribution in [0.25, 0.3) is 0 Å². The number of hydroxylamine groups is 1. The number of benzene rings is 2. The molecule has 2 amide bonds. The molecule has 0 unspecified atom stereocenters. The maximum absolute atomic E-state index is 12.7. The van der Waals surface area contributed by atoms with E-state index in [9.17, 15) is 14.7 Å². The van der Waals surface area contributed by atoms with Gasteiger partial charge in [0.15, 0.2) is 5.95 Å². The lowest BCUT2D eigenvalue weighted by atomic mass is 9.92. The Morgan fingerprint density at radius 3 is 2.09 bits per heavy atom. The number of nitrogens with zero attached hydrogens (tertiary/aromatic N) is 1. The first-order chi connectivity index (χ1) is 16.2. The van der Waals surface area contributed by atoms with Crippen molar-refractivity contribution in [1.82, 2.24) is 20.8 Å². The number of aromatic nitrogens is 2. The zero-order valence-corrected chi connectivity index (χ0v) is 18.1. The third-order valence-corrected chi connectivity index (χ3v) is 4.88. The zero-order chi connectivity index (χ0) is 24.7. The number of hydrogen-bond donors (Lipinski definition) is 7. The van der Waals surface area contributed by atoms with Gasteiger partial charge in [0, 0.05) is 22.4 Å². The quantitative estimate of drug-likeness (QED) is 0.126. The van der Waals surface area contributed by atoms with Crippen LogP contribution in [0.15, 0.2) is 54.7 Å².